The smallest absolute Gasteiger partial charge is 0.304 e. The highest BCUT2D eigenvalue weighted by atomic mass is 32.2. The number of sulfonamides is 1. The summed E-state index contributed by atoms with van der Waals surface area (Å²) in [5.74, 6) is -1.23. The number of carboxylic acids is 1. The van der Waals surface area contributed by atoms with Gasteiger partial charge in [-0.3, -0.25) is 9.59 Å². The fourth-order valence-corrected chi connectivity index (χ4v) is 2.28. The zero-order chi connectivity index (χ0) is 13.8. The molecule has 0 aromatic heterocycles. The summed E-state index contributed by atoms with van der Waals surface area (Å²) in [5, 5.41) is 8.41. The Morgan fingerprint density at radius 1 is 1.22 bits per heavy atom. The van der Waals surface area contributed by atoms with Crippen molar-refractivity contribution in [2.75, 3.05) is 6.54 Å². The summed E-state index contributed by atoms with van der Waals surface area (Å²) in [6.07, 6.45) is -0.287. The number of hydrogen-bond acceptors (Lipinski definition) is 4. The number of carboxylic acid groups (broad SMARTS) is 1. The van der Waals surface area contributed by atoms with Crippen LogP contribution >= 0.6 is 0 Å². The van der Waals surface area contributed by atoms with Gasteiger partial charge in [-0.2, -0.15) is 0 Å². The topological polar surface area (TPSA) is 101 Å². The van der Waals surface area contributed by atoms with Crippen molar-refractivity contribution in [1.82, 2.24) is 4.72 Å². The van der Waals surface area contributed by atoms with Crippen molar-refractivity contribution >= 4 is 21.8 Å². The molecule has 1 aromatic rings. The molecule has 18 heavy (non-hydrogen) atoms. The molecule has 0 atom stereocenters. The highest BCUT2D eigenvalue weighted by molar-refractivity contribution is 7.89. The molecule has 1 rings (SSSR count). The van der Waals surface area contributed by atoms with Crippen molar-refractivity contribution in [3.8, 4) is 0 Å². The summed E-state index contributed by atoms with van der Waals surface area (Å²) in [5.41, 5.74) is 0.416. The standard InChI is InChI=1S/C11H13NO5S/c1-8(13)9-2-4-10(5-3-9)18(16,17)12-7-6-11(14)15/h2-5,12H,6-7H2,1H3,(H,14,15). The first-order chi connectivity index (χ1) is 8.33. The van der Waals surface area contributed by atoms with Gasteiger partial charge in [-0.1, -0.05) is 12.1 Å². The molecule has 7 heteroatoms. The first-order valence-corrected chi connectivity index (χ1v) is 6.64. The summed E-state index contributed by atoms with van der Waals surface area (Å²) in [7, 11) is -3.72. The number of benzene rings is 1. The van der Waals surface area contributed by atoms with E-state index in [4.69, 9.17) is 5.11 Å². The molecular weight excluding hydrogens is 258 g/mol. The Morgan fingerprint density at radius 3 is 2.22 bits per heavy atom. The predicted molar refractivity (Wildman–Crippen MR) is 63.9 cm³/mol. The van der Waals surface area contributed by atoms with Crippen LogP contribution in [0.5, 0.6) is 0 Å². The second kappa shape index (κ2) is 5.74. The molecule has 98 valence electrons. The Balaban J connectivity index is 2.79. The Hall–Kier alpha value is -1.73. The molecule has 6 nitrogen and oxygen atoms in total. The second-order valence-electron chi connectivity index (χ2n) is 3.62. The highest BCUT2D eigenvalue weighted by Gasteiger charge is 2.14. The van der Waals surface area contributed by atoms with Crippen molar-refractivity contribution in [3.05, 3.63) is 29.8 Å². The molecule has 0 fully saturated rings. The minimum absolute atomic E-state index is 0.00195. The van der Waals surface area contributed by atoms with E-state index >= 15 is 0 Å². The molecule has 1 aromatic carbocycles. The lowest BCUT2D eigenvalue weighted by molar-refractivity contribution is -0.136. The van der Waals surface area contributed by atoms with Crippen molar-refractivity contribution < 1.29 is 23.1 Å². The number of aliphatic carboxylic acids is 1. The number of carbonyl (C=O) groups is 2. The minimum Gasteiger partial charge on any atom is -0.481 e. The van der Waals surface area contributed by atoms with Crippen LogP contribution in [0.4, 0.5) is 0 Å². The fourth-order valence-electron chi connectivity index (χ4n) is 1.24. The average molecular weight is 271 g/mol. The number of hydrogen-bond donors (Lipinski definition) is 2. The Morgan fingerprint density at radius 2 is 1.78 bits per heavy atom. The summed E-state index contributed by atoms with van der Waals surface area (Å²) in [6, 6.07) is 5.43. The monoisotopic (exact) mass is 271 g/mol. The molecule has 0 saturated carbocycles. The summed E-state index contributed by atoms with van der Waals surface area (Å²) < 4.78 is 25.6. The molecule has 0 aliphatic rings. The molecule has 2 N–H and O–H groups in total. The first-order valence-electron chi connectivity index (χ1n) is 5.15. The molecule has 0 bridgehead atoms. The van der Waals surface area contributed by atoms with Crippen LogP contribution in [0.1, 0.15) is 23.7 Å². The Kier molecular flexibility index (Phi) is 4.57. The lowest BCUT2D eigenvalue weighted by atomic mass is 10.2. The van der Waals surface area contributed by atoms with E-state index in [1.165, 1.54) is 31.2 Å². The van der Waals surface area contributed by atoms with E-state index < -0.39 is 16.0 Å². The minimum atomic E-state index is -3.72. The maximum atomic E-state index is 11.7. The predicted octanol–water partition coefficient (Wildman–Crippen LogP) is 0.642. The van der Waals surface area contributed by atoms with Crippen LogP contribution in [-0.4, -0.2) is 31.8 Å². The van der Waals surface area contributed by atoms with Crippen molar-refractivity contribution in [2.24, 2.45) is 0 Å². The van der Waals surface area contributed by atoms with Crippen LogP contribution in [0, 0.1) is 0 Å². The Bertz CT molecular complexity index is 547. The van der Waals surface area contributed by atoms with E-state index in [-0.39, 0.29) is 23.6 Å². The van der Waals surface area contributed by atoms with E-state index in [0.29, 0.717) is 5.56 Å². The van der Waals surface area contributed by atoms with Crippen molar-refractivity contribution in [1.29, 1.82) is 0 Å². The average Bonchev–Trinajstić information content (AvgIpc) is 2.28. The first kappa shape index (κ1) is 14.3. The Labute approximate surface area is 105 Å². The fraction of sp³-hybridized carbons (Fsp3) is 0.273. The quantitative estimate of drug-likeness (QED) is 0.739. The lowest BCUT2D eigenvalue weighted by Gasteiger charge is -2.05. The van der Waals surface area contributed by atoms with Crippen LogP contribution in [0.15, 0.2) is 29.2 Å². The number of Topliss-reactive ketones (excluding diaryl/α,β-unsaturated/α-hetero) is 1. The van der Waals surface area contributed by atoms with Gasteiger partial charge < -0.3 is 5.11 Å². The van der Waals surface area contributed by atoms with E-state index in [1.54, 1.807) is 0 Å². The molecule has 0 spiro atoms. The van der Waals surface area contributed by atoms with Gasteiger partial charge in [0.05, 0.1) is 11.3 Å². The molecule has 0 saturated heterocycles. The molecule has 0 heterocycles. The third-order valence-corrected chi connectivity index (χ3v) is 3.68. The van der Waals surface area contributed by atoms with Gasteiger partial charge >= 0.3 is 5.97 Å². The van der Waals surface area contributed by atoms with Gasteiger partial charge in [0, 0.05) is 12.1 Å². The number of ketones is 1. The number of rotatable bonds is 6. The maximum absolute atomic E-state index is 11.7. The van der Waals surface area contributed by atoms with Crippen LogP contribution in [-0.2, 0) is 14.8 Å². The summed E-state index contributed by atoms with van der Waals surface area (Å²) in [4.78, 5) is 21.3. The van der Waals surface area contributed by atoms with Crippen molar-refractivity contribution in [2.45, 2.75) is 18.2 Å². The van der Waals surface area contributed by atoms with Gasteiger partial charge in [0.1, 0.15) is 0 Å². The van der Waals surface area contributed by atoms with E-state index in [9.17, 15) is 18.0 Å². The maximum Gasteiger partial charge on any atom is 0.304 e. The third kappa shape index (κ3) is 3.94. The van der Waals surface area contributed by atoms with Gasteiger partial charge in [0.25, 0.3) is 0 Å². The molecule has 0 unspecified atom stereocenters. The van der Waals surface area contributed by atoms with Gasteiger partial charge in [-0.15, -0.1) is 0 Å². The molecule has 0 aliphatic heterocycles. The van der Waals surface area contributed by atoms with Crippen LogP contribution in [0.3, 0.4) is 0 Å². The van der Waals surface area contributed by atoms with E-state index in [2.05, 4.69) is 4.72 Å². The zero-order valence-corrected chi connectivity index (χ0v) is 10.5. The normalized spacial score (nSPS) is 11.2. The van der Waals surface area contributed by atoms with Crippen LogP contribution in [0.25, 0.3) is 0 Å². The van der Waals surface area contributed by atoms with Gasteiger partial charge in [-0.25, -0.2) is 13.1 Å². The molecule has 0 aliphatic carbocycles. The lowest BCUT2D eigenvalue weighted by Crippen LogP contribution is -2.26. The molecule has 0 radical (unpaired) electrons. The van der Waals surface area contributed by atoms with Crippen LogP contribution < -0.4 is 4.72 Å². The molecular formula is C11H13NO5S. The SMILES string of the molecule is CC(=O)c1ccc(S(=O)(=O)NCCC(=O)O)cc1. The molecule has 0 amide bonds. The highest BCUT2D eigenvalue weighted by Crippen LogP contribution is 2.10. The third-order valence-electron chi connectivity index (χ3n) is 2.20. The zero-order valence-electron chi connectivity index (χ0n) is 9.71. The largest absolute Gasteiger partial charge is 0.481 e. The van der Waals surface area contributed by atoms with Crippen LogP contribution in [0.2, 0.25) is 0 Å². The second-order valence-corrected chi connectivity index (χ2v) is 5.39. The van der Waals surface area contributed by atoms with Gasteiger partial charge in [-0.05, 0) is 19.1 Å². The van der Waals surface area contributed by atoms with E-state index in [1.807, 2.05) is 0 Å². The van der Waals surface area contributed by atoms with E-state index in [0.717, 1.165) is 0 Å². The summed E-state index contributed by atoms with van der Waals surface area (Å²) >= 11 is 0. The van der Waals surface area contributed by atoms with Crippen molar-refractivity contribution in [3.63, 3.8) is 0 Å². The van der Waals surface area contributed by atoms with Gasteiger partial charge in [0.15, 0.2) is 5.78 Å². The number of nitrogens with one attached hydrogen (secondary N) is 1. The number of carbonyl (C=O) groups excluding carboxylic acids is 1. The summed E-state index contributed by atoms with van der Waals surface area (Å²) in [6.45, 7) is 1.21. The van der Waals surface area contributed by atoms with Gasteiger partial charge in [0.2, 0.25) is 10.0 Å².